The summed E-state index contributed by atoms with van der Waals surface area (Å²) in [4.78, 5) is 54.7. The molecule has 3 aliphatic heterocycles. The van der Waals surface area contributed by atoms with Gasteiger partial charge in [-0.3, -0.25) is 14.4 Å². The minimum absolute atomic E-state index is 0.0621. The number of fused-ring (bicyclic) bond motifs is 2. The summed E-state index contributed by atoms with van der Waals surface area (Å²) < 4.78 is 21.1. The minimum atomic E-state index is -1.03. The molecule has 1 atom stereocenters. The second-order valence-corrected chi connectivity index (χ2v) is 15.5. The van der Waals surface area contributed by atoms with Gasteiger partial charge < -0.3 is 49.2 Å². The molecule has 2 saturated heterocycles. The molecule has 4 N–H and O–H groups in total. The number of rotatable bonds is 17. The zero-order valence-electron chi connectivity index (χ0n) is 35.0. The summed E-state index contributed by atoms with van der Waals surface area (Å²) in [6.45, 7) is 4.53. The van der Waals surface area contributed by atoms with Crippen LogP contribution in [-0.4, -0.2) is 105 Å². The van der Waals surface area contributed by atoms with Crippen LogP contribution in [0.25, 0.3) is 33.4 Å². The van der Waals surface area contributed by atoms with Crippen molar-refractivity contribution in [1.29, 1.82) is 0 Å². The second-order valence-electron chi connectivity index (χ2n) is 15.5. The summed E-state index contributed by atoms with van der Waals surface area (Å²) in [5.74, 6) is -1.81. The fourth-order valence-corrected chi connectivity index (χ4v) is 8.17. The highest BCUT2D eigenvalue weighted by Crippen LogP contribution is 2.43. The number of aliphatic carboxylic acids is 2. The molecule has 15 heteroatoms. The van der Waals surface area contributed by atoms with E-state index in [2.05, 4.69) is 9.89 Å². The molecule has 4 aromatic carbocycles. The molecule has 0 saturated carbocycles. The van der Waals surface area contributed by atoms with Gasteiger partial charge in [-0.05, 0) is 67.4 Å². The van der Waals surface area contributed by atoms with E-state index in [1.165, 1.54) is 4.90 Å². The van der Waals surface area contributed by atoms with Crippen LogP contribution in [0.1, 0.15) is 30.1 Å². The SMILES string of the molecule is CCN(CC(=O)O)c1ccccc1OCCOc1cc(NC(=O)C2CCN2c2ccc3c(-c4ccccc4C(=O)O)c4ccc(=[N+]5CCC5)cc-4oc3c2)ccc1N(C)CC(=O)O. The third-order valence-corrected chi connectivity index (χ3v) is 11.5. The minimum Gasteiger partial charge on any atom is -0.488 e. The van der Waals surface area contributed by atoms with E-state index in [9.17, 15) is 34.5 Å². The smallest absolute Gasteiger partial charge is 0.336 e. The first kappa shape index (κ1) is 42.2. The van der Waals surface area contributed by atoms with Gasteiger partial charge >= 0.3 is 17.9 Å². The molecule has 0 radical (unpaired) electrons. The van der Waals surface area contributed by atoms with Gasteiger partial charge in [-0.1, -0.05) is 30.3 Å². The summed E-state index contributed by atoms with van der Waals surface area (Å²) in [6, 6.07) is 30.4. The monoisotopic (exact) mass is 854 g/mol. The molecule has 2 fully saturated rings. The van der Waals surface area contributed by atoms with Gasteiger partial charge in [0, 0.05) is 66.2 Å². The zero-order chi connectivity index (χ0) is 44.2. The first-order chi connectivity index (χ1) is 30.5. The van der Waals surface area contributed by atoms with Crippen molar-refractivity contribution in [2.75, 3.05) is 79.5 Å². The van der Waals surface area contributed by atoms with Crippen LogP contribution in [0.5, 0.6) is 11.5 Å². The number of likely N-dealkylation sites (N-methyl/N-ethyl adjacent to an activating group) is 2. The molecule has 1 amide bonds. The van der Waals surface area contributed by atoms with Crippen LogP contribution in [0, 0.1) is 0 Å². The van der Waals surface area contributed by atoms with Crippen molar-refractivity contribution >= 4 is 57.5 Å². The molecular formula is C48H48N5O10+. The maximum atomic E-state index is 13.9. The number of nitrogens with zero attached hydrogens (tertiary/aromatic N) is 4. The molecule has 4 aromatic rings. The van der Waals surface area contributed by atoms with E-state index in [1.807, 2.05) is 60.4 Å². The summed E-state index contributed by atoms with van der Waals surface area (Å²) in [7, 11) is 1.63. The van der Waals surface area contributed by atoms with Crippen molar-refractivity contribution in [2.24, 2.45) is 0 Å². The number of carboxylic acid groups (broad SMARTS) is 3. The number of carbonyl (C=O) groups excluding carboxylic acids is 1. The van der Waals surface area contributed by atoms with Crippen molar-refractivity contribution in [3.05, 3.63) is 114 Å². The first-order valence-electron chi connectivity index (χ1n) is 20.9. The van der Waals surface area contributed by atoms with E-state index in [0.717, 1.165) is 47.1 Å². The average molecular weight is 855 g/mol. The number of anilines is 4. The number of hydrogen-bond acceptors (Lipinski definition) is 10. The lowest BCUT2D eigenvalue weighted by Gasteiger charge is -2.41. The molecular weight excluding hydrogens is 807 g/mol. The summed E-state index contributed by atoms with van der Waals surface area (Å²) in [5.41, 5.74) is 5.23. The van der Waals surface area contributed by atoms with E-state index in [0.29, 0.717) is 65.0 Å². The second kappa shape index (κ2) is 18.2. The van der Waals surface area contributed by atoms with Gasteiger partial charge in [0.1, 0.15) is 68.3 Å². The van der Waals surface area contributed by atoms with Gasteiger partial charge in [0.25, 0.3) is 0 Å². The van der Waals surface area contributed by atoms with E-state index in [-0.39, 0.29) is 37.8 Å². The molecule has 15 nitrogen and oxygen atoms in total. The number of nitrogens with one attached hydrogen (secondary N) is 1. The van der Waals surface area contributed by atoms with Crippen LogP contribution in [0.15, 0.2) is 108 Å². The predicted octanol–water partition coefficient (Wildman–Crippen LogP) is 6.19. The van der Waals surface area contributed by atoms with Gasteiger partial charge in [-0.15, -0.1) is 0 Å². The molecule has 3 heterocycles. The molecule has 0 aromatic heterocycles. The maximum Gasteiger partial charge on any atom is 0.336 e. The topological polar surface area (TPSA) is 185 Å². The van der Waals surface area contributed by atoms with Gasteiger partial charge in [0.05, 0.1) is 29.4 Å². The lowest BCUT2D eigenvalue weighted by Crippen LogP contribution is -2.54. The van der Waals surface area contributed by atoms with Crippen molar-refractivity contribution in [3.8, 4) is 33.9 Å². The number of benzene rings is 5. The Labute approximate surface area is 363 Å². The number of aromatic carboxylic acids is 1. The Morgan fingerprint density at radius 2 is 1.56 bits per heavy atom. The van der Waals surface area contributed by atoms with Crippen LogP contribution in [0.4, 0.5) is 22.7 Å². The van der Waals surface area contributed by atoms with E-state index in [4.69, 9.17) is 13.9 Å². The molecule has 324 valence electrons. The quantitative estimate of drug-likeness (QED) is 0.0463. The third-order valence-electron chi connectivity index (χ3n) is 11.5. The van der Waals surface area contributed by atoms with E-state index in [1.54, 1.807) is 66.5 Å². The summed E-state index contributed by atoms with van der Waals surface area (Å²) in [5, 5.41) is 33.9. The molecule has 8 rings (SSSR count). The van der Waals surface area contributed by atoms with Gasteiger partial charge in [0.2, 0.25) is 11.3 Å². The molecule has 4 aliphatic rings. The molecule has 63 heavy (non-hydrogen) atoms. The maximum absolute atomic E-state index is 13.9. The highest BCUT2D eigenvalue weighted by Gasteiger charge is 2.35. The molecule has 0 spiro atoms. The number of carboxylic acids is 3. The summed E-state index contributed by atoms with van der Waals surface area (Å²) in [6.07, 6.45) is 1.71. The molecule has 0 bridgehead atoms. The lowest BCUT2D eigenvalue weighted by atomic mass is 9.90. The van der Waals surface area contributed by atoms with E-state index >= 15 is 0 Å². The Morgan fingerprint density at radius 3 is 2.25 bits per heavy atom. The molecule has 1 aliphatic carbocycles. The first-order valence-corrected chi connectivity index (χ1v) is 20.9. The van der Waals surface area contributed by atoms with Gasteiger partial charge in [-0.2, -0.15) is 0 Å². The predicted molar refractivity (Wildman–Crippen MR) is 240 cm³/mol. The Bertz CT molecular complexity index is 2760. The fourth-order valence-electron chi connectivity index (χ4n) is 8.17. The van der Waals surface area contributed by atoms with Crippen LogP contribution in [0.2, 0.25) is 0 Å². The number of ether oxygens (including phenoxy) is 2. The normalized spacial score (nSPS) is 14.4. The van der Waals surface area contributed by atoms with Crippen molar-refractivity contribution in [3.63, 3.8) is 0 Å². The zero-order valence-corrected chi connectivity index (χ0v) is 35.0. The van der Waals surface area contributed by atoms with Gasteiger partial charge in [0.15, 0.2) is 0 Å². The lowest BCUT2D eigenvalue weighted by molar-refractivity contribution is -0.136. The Kier molecular flexibility index (Phi) is 12.2. The third kappa shape index (κ3) is 8.94. The van der Waals surface area contributed by atoms with Gasteiger partial charge in [-0.25, -0.2) is 9.37 Å². The molecule has 1 unspecified atom stereocenters. The van der Waals surface area contributed by atoms with Crippen LogP contribution in [0.3, 0.4) is 0 Å². The standard InChI is InChI=1S/C48H47N5O10/c1-3-51(29-45(56)57)38-11-6-7-12-40(38)61-23-24-62-43-25-30(13-18-37(43)50(2)28-44(54)55)49-47(58)39-19-22-53(39)32-15-17-36-42(27-32)63-41-26-31(52-20-8-21-52)14-16-35(41)46(36)33-9-4-5-10-34(33)48(59)60/h4-7,9-18,25-27,39H,3,8,19-24,28-29H2,1-2H3,(H3-,49,54,55,56,57,58,59,60)/p+1. The van der Waals surface area contributed by atoms with Crippen molar-refractivity contribution in [2.45, 2.75) is 25.8 Å². The van der Waals surface area contributed by atoms with Crippen molar-refractivity contribution < 1.29 is 48.4 Å². The van der Waals surface area contributed by atoms with Crippen LogP contribution >= 0.6 is 0 Å². The Balaban J connectivity index is 1.03. The number of para-hydroxylation sites is 2. The fraction of sp³-hybridized carbons (Fsp3) is 0.271. The highest BCUT2D eigenvalue weighted by atomic mass is 16.5. The summed E-state index contributed by atoms with van der Waals surface area (Å²) >= 11 is 0. The highest BCUT2D eigenvalue weighted by molar-refractivity contribution is 6.08. The van der Waals surface area contributed by atoms with Crippen LogP contribution < -0.4 is 39.4 Å². The van der Waals surface area contributed by atoms with E-state index < -0.39 is 23.9 Å². The largest absolute Gasteiger partial charge is 0.488 e. The number of carbonyl (C=O) groups is 4. The van der Waals surface area contributed by atoms with Crippen molar-refractivity contribution in [1.82, 2.24) is 4.58 Å². The number of amides is 1. The average Bonchev–Trinajstić information content (AvgIpc) is 3.22. The Morgan fingerprint density at radius 1 is 0.810 bits per heavy atom. The number of hydrogen-bond donors (Lipinski definition) is 4. The Hall–Kier alpha value is -7.55. The van der Waals surface area contributed by atoms with Crippen LogP contribution in [-0.2, 0) is 14.4 Å².